The second-order valence-corrected chi connectivity index (χ2v) is 8.09. The van der Waals surface area contributed by atoms with Crippen LogP contribution in [0.4, 0.5) is 8.78 Å². The molecule has 1 saturated heterocycles. The van der Waals surface area contributed by atoms with Gasteiger partial charge in [-0.1, -0.05) is 23.2 Å². The molecule has 0 atom stereocenters. The van der Waals surface area contributed by atoms with Crippen molar-refractivity contribution >= 4 is 46.7 Å². The van der Waals surface area contributed by atoms with Gasteiger partial charge in [-0.15, -0.1) is 0 Å². The predicted octanol–water partition coefficient (Wildman–Crippen LogP) is 5.44. The van der Waals surface area contributed by atoms with E-state index in [1.54, 1.807) is 29.2 Å². The lowest BCUT2D eigenvalue weighted by molar-refractivity contribution is 0.0647. The Morgan fingerprint density at radius 1 is 1.14 bits per heavy atom. The van der Waals surface area contributed by atoms with Crippen molar-refractivity contribution in [1.82, 2.24) is 9.88 Å². The highest BCUT2D eigenvalue weighted by molar-refractivity contribution is 7.99. The molecule has 1 aromatic carbocycles. The molecule has 0 aliphatic carbocycles. The molecule has 2 heterocycles. The van der Waals surface area contributed by atoms with E-state index in [-0.39, 0.29) is 40.0 Å². The zero-order chi connectivity index (χ0) is 20.3. The van der Waals surface area contributed by atoms with Gasteiger partial charge >= 0.3 is 0 Å². The summed E-state index contributed by atoms with van der Waals surface area (Å²) in [5.74, 6) is -3.28. The number of hydrogen-bond donors (Lipinski definition) is 0. The average Bonchev–Trinajstić information content (AvgIpc) is 2.69. The number of ketones is 1. The van der Waals surface area contributed by atoms with Crippen LogP contribution in [0.15, 0.2) is 41.6 Å². The highest BCUT2D eigenvalue weighted by Gasteiger charge is 2.30. The number of aromatic nitrogens is 1. The number of rotatable bonds is 5. The fourth-order valence-electron chi connectivity index (χ4n) is 3.13. The van der Waals surface area contributed by atoms with Crippen LogP contribution in [0.2, 0.25) is 10.0 Å². The van der Waals surface area contributed by atoms with Crippen molar-refractivity contribution in [3.8, 4) is 0 Å². The molecule has 1 amide bonds. The number of nitrogens with zero attached hydrogens (tertiary/aromatic N) is 2. The van der Waals surface area contributed by atoms with Crippen molar-refractivity contribution in [2.45, 2.75) is 23.6 Å². The molecular weight excluding hydrogens is 429 g/mol. The maximum atomic E-state index is 12.7. The summed E-state index contributed by atoms with van der Waals surface area (Å²) in [5.41, 5.74) is 0.643. The van der Waals surface area contributed by atoms with Gasteiger partial charge in [-0.3, -0.25) is 9.59 Å². The maximum Gasteiger partial charge on any atom is 0.290 e. The van der Waals surface area contributed by atoms with E-state index in [2.05, 4.69) is 4.98 Å². The first-order valence-corrected chi connectivity index (χ1v) is 10.2. The lowest BCUT2D eigenvalue weighted by Crippen LogP contribution is -2.40. The molecule has 0 unspecified atom stereocenters. The number of carbonyl (C=O) groups excluding carboxylic acids is 2. The first-order valence-electron chi connectivity index (χ1n) is 8.55. The third-order valence-electron chi connectivity index (χ3n) is 4.56. The van der Waals surface area contributed by atoms with Gasteiger partial charge in [0, 0.05) is 30.8 Å². The smallest absolute Gasteiger partial charge is 0.290 e. The number of piperidine rings is 1. The Morgan fingerprint density at radius 3 is 2.50 bits per heavy atom. The number of hydrogen-bond acceptors (Lipinski definition) is 4. The van der Waals surface area contributed by atoms with E-state index in [4.69, 9.17) is 23.2 Å². The van der Waals surface area contributed by atoms with E-state index < -0.39 is 5.76 Å². The Morgan fingerprint density at radius 2 is 1.86 bits per heavy atom. The molecule has 1 aliphatic heterocycles. The number of likely N-dealkylation sites (tertiary alicyclic amines) is 1. The van der Waals surface area contributed by atoms with Gasteiger partial charge < -0.3 is 4.90 Å². The summed E-state index contributed by atoms with van der Waals surface area (Å²) >= 11 is 12.1. The molecule has 0 radical (unpaired) electrons. The van der Waals surface area contributed by atoms with Gasteiger partial charge in [0.2, 0.25) is 0 Å². The van der Waals surface area contributed by atoms with E-state index in [0.29, 0.717) is 41.5 Å². The average molecular weight is 445 g/mol. The highest BCUT2D eigenvalue weighted by Crippen LogP contribution is 2.30. The number of amides is 1. The van der Waals surface area contributed by atoms with E-state index in [0.717, 1.165) is 0 Å². The molecule has 9 heteroatoms. The quantitative estimate of drug-likeness (QED) is 0.455. The zero-order valence-corrected chi connectivity index (χ0v) is 16.9. The predicted molar refractivity (Wildman–Crippen MR) is 106 cm³/mol. The third kappa shape index (κ3) is 4.82. The summed E-state index contributed by atoms with van der Waals surface area (Å²) in [5, 5.41) is 0.713. The number of thioether (sulfide) groups is 1. The molecule has 4 nitrogen and oxygen atoms in total. The number of halogens is 4. The van der Waals surface area contributed by atoms with Crippen molar-refractivity contribution in [3.05, 3.63) is 57.7 Å². The van der Waals surface area contributed by atoms with Gasteiger partial charge in [0.15, 0.2) is 5.78 Å². The summed E-state index contributed by atoms with van der Waals surface area (Å²) in [4.78, 5) is 30.9. The molecule has 0 bridgehead atoms. The molecule has 1 fully saturated rings. The summed E-state index contributed by atoms with van der Waals surface area (Å²) in [6.07, 6.45) is 2.36. The van der Waals surface area contributed by atoms with E-state index in [1.807, 2.05) is 0 Å². The summed E-state index contributed by atoms with van der Waals surface area (Å²) in [7, 11) is 0. The third-order valence-corrected chi connectivity index (χ3v) is 6.03. The van der Waals surface area contributed by atoms with Gasteiger partial charge in [-0.25, -0.2) is 4.98 Å². The molecule has 28 heavy (non-hydrogen) atoms. The van der Waals surface area contributed by atoms with Crippen molar-refractivity contribution in [2.75, 3.05) is 13.1 Å². The van der Waals surface area contributed by atoms with Crippen LogP contribution in [-0.2, 0) is 0 Å². The zero-order valence-electron chi connectivity index (χ0n) is 14.6. The molecule has 2 aromatic rings. The van der Waals surface area contributed by atoms with Gasteiger partial charge in [-0.2, -0.15) is 8.78 Å². The maximum absolute atomic E-state index is 12.7. The van der Waals surface area contributed by atoms with Gasteiger partial charge in [0.1, 0.15) is 5.03 Å². The Bertz CT molecular complexity index is 890. The molecule has 1 aliphatic rings. The van der Waals surface area contributed by atoms with Crippen molar-refractivity contribution in [2.24, 2.45) is 5.92 Å². The van der Waals surface area contributed by atoms with Crippen LogP contribution in [-0.4, -0.2) is 40.4 Å². The largest absolute Gasteiger partial charge is 0.339 e. The lowest BCUT2D eigenvalue weighted by atomic mass is 9.88. The minimum Gasteiger partial charge on any atom is -0.339 e. The number of benzene rings is 1. The van der Waals surface area contributed by atoms with Crippen LogP contribution >= 0.6 is 35.0 Å². The van der Waals surface area contributed by atoms with Crippen LogP contribution in [0.5, 0.6) is 0 Å². The standard InChI is InChI=1S/C19H16Cl2F2N2O2S/c20-14-4-3-12(10-15(14)21)16(26)11-5-8-25(9-6-11)18(27)13-2-1-7-24-17(13)28-19(22)23/h1-4,7,10-11,19H,5-6,8-9H2. The molecule has 148 valence electrons. The van der Waals surface area contributed by atoms with E-state index in [9.17, 15) is 18.4 Å². The molecule has 1 aromatic heterocycles. The van der Waals surface area contributed by atoms with E-state index >= 15 is 0 Å². The molecule has 0 spiro atoms. The van der Waals surface area contributed by atoms with Crippen LogP contribution in [0.3, 0.4) is 0 Å². The molecular formula is C19H16Cl2F2N2O2S. The summed E-state index contributed by atoms with van der Waals surface area (Å²) in [6.45, 7) is 0.731. The monoisotopic (exact) mass is 444 g/mol. The first kappa shape index (κ1) is 21.0. The minimum absolute atomic E-state index is 0.0107. The molecule has 3 rings (SSSR count). The second-order valence-electron chi connectivity index (χ2n) is 6.29. The van der Waals surface area contributed by atoms with Crippen molar-refractivity contribution in [1.29, 1.82) is 0 Å². The Labute approximate surface area is 175 Å². The SMILES string of the molecule is O=C(c1ccc(Cl)c(Cl)c1)C1CCN(C(=O)c2cccnc2SC(F)F)CC1. The fourth-order valence-corrected chi connectivity index (χ4v) is 4.00. The van der Waals surface area contributed by atoms with E-state index in [1.165, 1.54) is 12.3 Å². The number of pyridine rings is 1. The Balaban J connectivity index is 1.66. The molecule has 0 saturated carbocycles. The lowest BCUT2D eigenvalue weighted by Gasteiger charge is -2.31. The highest BCUT2D eigenvalue weighted by atomic mass is 35.5. The minimum atomic E-state index is -2.66. The first-order chi connectivity index (χ1) is 13.4. The van der Waals surface area contributed by atoms with Gasteiger partial charge in [-0.05, 0) is 54.9 Å². The fraction of sp³-hybridized carbons (Fsp3) is 0.316. The summed E-state index contributed by atoms with van der Waals surface area (Å²) < 4.78 is 25.4. The van der Waals surface area contributed by atoms with Crippen LogP contribution in [0.1, 0.15) is 33.6 Å². The number of Topliss-reactive ketones (excluding diaryl/α,β-unsaturated/α-hetero) is 1. The Hall–Kier alpha value is -1.70. The molecule has 0 N–H and O–H groups in total. The van der Waals surface area contributed by atoms with Gasteiger partial charge in [0.25, 0.3) is 11.7 Å². The normalized spacial score (nSPS) is 15.1. The van der Waals surface area contributed by atoms with Crippen molar-refractivity contribution in [3.63, 3.8) is 0 Å². The topological polar surface area (TPSA) is 50.3 Å². The van der Waals surface area contributed by atoms with Gasteiger partial charge in [0.05, 0.1) is 15.6 Å². The van der Waals surface area contributed by atoms with Crippen LogP contribution in [0, 0.1) is 5.92 Å². The van der Waals surface area contributed by atoms with Crippen LogP contribution in [0.25, 0.3) is 0 Å². The Kier molecular flexibility index (Phi) is 6.91. The van der Waals surface area contributed by atoms with Crippen molar-refractivity contribution < 1.29 is 18.4 Å². The number of alkyl halides is 2. The second kappa shape index (κ2) is 9.20. The number of carbonyl (C=O) groups is 2. The summed E-state index contributed by atoms with van der Waals surface area (Å²) in [6, 6.07) is 7.81. The van der Waals surface area contributed by atoms with Crippen LogP contribution < -0.4 is 0 Å².